The molecule has 0 saturated carbocycles. The van der Waals surface area contributed by atoms with E-state index in [2.05, 4.69) is 21.0 Å². The van der Waals surface area contributed by atoms with Gasteiger partial charge in [-0.15, -0.1) is 0 Å². The van der Waals surface area contributed by atoms with Gasteiger partial charge < -0.3 is 0 Å². The second-order valence-electron chi connectivity index (χ2n) is 3.27. The molecule has 0 aromatic carbocycles. The molecule has 2 aromatic heterocycles. The van der Waals surface area contributed by atoms with Gasteiger partial charge in [-0.25, -0.2) is 0 Å². The van der Waals surface area contributed by atoms with E-state index in [1.165, 1.54) is 11.3 Å². The molecule has 6 heteroatoms. The van der Waals surface area contributed by atoms with Gasteiger partial charge in [0.2, 0.25) is 0 Å². The number of nitrogens with zero attached hydrogens (tertiary/aromatic N) is 3. The van der Waals surface area contributed by atoms with Crippen molar-refractivity contribution in [3.8, 4) is 0 Å². The van der Waals surface area contributed by atoms with Crippen LogP contribution in [-0.4, -0.2) is 14.3 Å². The molecule has 0 atom stereocenters. The summed E-state index contributed by atoms with van der Waals surface area (Å²) in [5, 5.41) is 6.07. The number of halogens is 1. The van der Waals surface area contributed by atoms with Crippen molar-refractivity contribution < 1.29 is 0 Å². The fourth-order valence-corrected chi connectivity index (χ4v) is 2.47. The molecule has 0 aliphatic rings. The van der Waals surface area contributed by atoms with E-state index in [0.717, 1.165) is 15.9 Å². The van der Waals surface area contributed by atoms with E-state index in [1.54, 1.807) is 20.8 Å². The maximum absolute atomic E-state index is 11.4. The number of thiazole rings is 1. The first-order valence-electron chi connectivity index (χ1n) is 4.41. The highest BCUT2D eigenvalue weighted by atomic mass is 79.9. The molecular formula is C9H10BrN3OS. The third kappa shape index (κ3) is 1.91. The van der Waals surface area contributed by atoms with E-state index in [0.29, 0.717) is 6.54 Å². The summed E-state index contributed by atoms with van der Waals surface area (Å²) < 4.78 is 4.44. The van der Waals surface area contributed by atoms with E-state index >= 15 is 0 Å². The van der Waals surface area contributed by atoms with Gasteiger partial charge in [-0.2, -0.15) is 5.10 Å². The van der Waals surface area contributed by atoms with Gasteiger partial charge in [0.05, 0.1) is 22.4 Å². The molecule has 0 radical (unpaired) electrons. The molecule has 0 fully saturated rings. The monoisotopic (exact) mass is 287 g/mol. The van der Waals surface area contributed by atoms with E-state index in [4.69, 9.17) is 0 Å². The van der Waals surface area contributed by atoms with E-state index < -0.39 is 0 Å². The summed E-state index contributed by atoms with van der Waals surface area (Å²) >= 11 is 4.68. The second kappa shape index (κ2) is 3.94. The van der Waals surface area contributed by atoms with E-state index in [9.17, 15) is 4.79 Å². The van der Waals surface area contributed by atoms with Crippen LogP contribution in [0.5, 0.6) is 0 Å². The third-order valence-corrected chi connectivity index (χ3v) is 3.95. The fraction of sp³-hybridized carbons (Fsp3) is 0.333. The van der Waals surface area contributed by atoms with Crippen LogP contribution in [0.3, 0.4) is 0 Å². The van der Waals surface area contributed by atoms with Gasteiger partial charge in [-0.1, -0.05) is 11.3 Å². The van der Waals surface area contributed by atoms with Gasteiger partial charge in [-0.3, -0.25) is 14.0 Å². The Kier molecular flexibility index (Phi) is 2.79. The molecule has 2 heterocycles. The van der Waals surface area contributed by atoms with Crippen molar-refractivity contribution in [2.45, 2.75) is 13.5 Å². The number of rotatable bonds is 2. The molecule has 0 bridgehead atoms. The Balaban J connectivity index is 2.40. The molecule has 0 aliphatic carbocycles. The zero-order chi connectivity index (χ0) is 11.0. The van der Waals surface area contributed by atoms with E-state index in [-0.39, 0.29) is 4.87 Å². The maximum atomic E-state index is 11.4. The Labute approximate surface area is 99.3 Å². The first kappa shape index (κ1) is 10.6. The number of aryl methyl sites for hydroxylation is 2. The molecular weight excluding hydrogens is 278 g/mol. The molecule has 0 spiro atoms. The Bertz CT molecular complexity index is 540. The van der Waals surface area contributed by atoms with Gasteiger partial charge in [0.15, 0.2) is 0 Å². The predicted octanol–water partition coefficient (Wildman–Crippen LogP) is 1.76. The summed E-state index contributed by atoms with van der Waals surface area (Å²) in [4.78, 5) is 11.4. The molecule has 4 nitrogen and oxygen atoms in total. The molecule has 0 aliphatic heterocycles. The van der Waals surface area contributed by atoms with Crippen molar-refractivity contribution in [1.29, 1.82) is 0 Å². The van der Waals surface area contributed by atoms with Gasteiger partial charge in [-0.05, 0) is 22.9 Å². The number of hydrogen-bond acceptors (Lipinski definition) is 3. The van der Waals surface area contributed by atoms with Crippen molar-refractivity contribution in [3.63, 3.8) is 0 Å². The van der Waals surface area contributed by atoms with Crippen molar-refractivity contribution >= 4 is 27.3 Å². The predicted molar refractivity (Wildman–Crippen MR) is 63.3 cm³/mol. The zero-order valence-electron chi connectivity index (χ0n) is 8.40. The van der Waals surface area contributed by atoms with Gasteiger partial charge in [0.25, 0.3) is 0 Å². The van der Waals surface area contributed by atoms with Crippen molar-refractivity contribution in [1.82, 2.24) is 14.3 Å². The van der Waals surface area contributed by atoms with Crippen LogP contribution in [0.15, 0.2) is 20.8 Å². The van der Waals surface area contributed by atoms with Crippen LogP contribution in [0, 0.1) is 6.92 Å². The summed E-state index contributed by atoms with van der Waals surface area (Å²) in [5.41, 5.74) is 1.95. The lowest BCUT2D eigenvalue weighted by Gasteiger charge is -2.02. The summed E-state index contributed by atoms with van der Waals surface area (Å²) in [6.07, 6.45) is 1.79. The first-order valence-corrected chi connectivity index (χ1v) is 6.08. The lowest BCUT2D eigenvalue weighted by Crippen LogP contribution is -2.15. The molecule has 0 saturated heterocycles. The normalized spacial score (nSPS) is 10.9. The van der Waals surface area contributed by atoms with Crippen LogP contribution in [-0.2, 0) is 13.6 Å². The molecule has 2 rings (SSSR count). The lowest BCUT2D eigenvalue weighted by molar-refractivity contribution is 0.657. The molecule has 0 amide bonds. The summed E-state index contributed by atoms with van der Waals surface area (Å²) in [6, 6.07) is 0. The Morgan fingerprint density at radius 1 is 1.60 bits per heavy atom. The molecule has 0 unspecified atom stereocenters. The third-order valence-electron chi connectivity index (χ3n) is 2.23. The largest absolute Gasteiger partial charge is 0.307 e. The average Bonchev–Trinajstić information content (AvgIpc) is 2.67. The highest BCUT2D eigenvalue weighted by Crippen LogP contribution is 2.20. The molecule has 15 heavy (non-hydrogen) atoms. The summed E-state index contributed by atoms with van der Waals surface area (Å²) in [6.45, 7) is 2.49. The highest BCUT2D eigenvalue weighted by molar-refractivity contribution is 9.10. The standard InChI is InChI=1S/C9H10BrN3OS/c1-6-8(10)7(12(2)11-6)5-13-3-4-15-9(13)14/h3-4H,5H2,1-2H3. The van der Waals surface area contributed by atoms with Crippen LogP contribution in [0.2, 0.25) is 0 Å². The van der Waals surface area contributed by atoms with Gasteiger partial charge >= 0.3 is 4.87 Å². The Hall–Kier alpha value is -0.880. The van der Waals surface area contributed by atoms with Crippen molar-refractivity contribution in [2.24, 2.45) is 7.05 Å². The Morgan fingerprint density at radius 3 is 2.80 bits per heavy atom. The van der Waals surface area contributed by atoms with Crippen molar-refractivity contribution in [3.05, 3.63) is 37.1 Å². The minimum Gasteiger partial charge on any atom is -0.300 e. The fourth-order valence-electron chi connectivity index (χ4n) is 1.42. The highest BCUT2D eigenvalue weighted by Gasteiger charge is 2.11. The summed E-state index contributed by atoms with van der Waals surface area (Å²) in [5.74, 6) is 0. The lowest BCUT2D eigenvalue weighted by atomic mass is 10.3. The Morgan fingerprint density at radius 2 is 2.33 bits per heavy atom. The van der Waals surface area contributed by atoms with Crippen LogP contribution < -0.4 is 4.87 Å². The first-order chi connectivity index (χ1) is 7.09. The molecule has 80 valence electrons. The average molecular weight is 288 g/mol. The quantitative estimate of drug-likeness (QED) is 0.845. The van der Waals surface area contributed by atoms with Crippen LogP contribution >= 0.6 is 27.3 Å². The SMILES string of the molecule is Cc1nn(C)c(Cn2ccsc2=O)c1Br. The smallest absolute Gasteiger partial charge is 0.300 e. The molecule has 2 aromatic rings. The topological polar surface area (TPSA) is 39.8 Å². The number of aromatic nitrogens is 3. The maximum Gasteiger partial charge on any atom is 0.307 e. The van der Waals surface area contributed by atoms with Gasteiger partial charge in [0.1, 0.15) is 0 Å². The minimum absolute atomic E-state index is 0.0563. The minimum atomic E-state index is 0.0563. The van der Waals surface area contributed by atoms with Crippen molar-refractivity contribution in [2.75, 3.05) is 0 Å². The van der Waals surface area contributed by atoms with Gasteiger partial charge in [0, 0.05) is 18.6 Å². The molecule has 0 N–H and O–H groups in total. The van der Waals surface area contributed by atoms with Crippen LogP contribution in [0.4, 0.5) is 0 Å². The second-order valence-corrected chi connectivity index (χ2v) is 4.92. The van der Waals surface area contributed by atoms with E-state index in [1.807, 2.05) is 14.0 Å². The summed E-state index contributed by atoms with van der Waals surface area (Å²) in [7, 11) is 1.88. The van der Waals surface area contributed by atoms with Crippen LogP contribution in [0.1, 0.15) is 11.4 Å². The zero-order valence-corrected chi connectivity index (χ0v) is 10.8. The number of hydrogen-bond donors (Lipinski definition) is 0. The van der Waals surface area contributed by atoms with Crippen LogP contribution in [0.25, 0.3) is 0 Å².